The van der Waals surface area contributed by atoms with E-state index >= 15 is 0 Å². The molecule has 0 atom stereocenters. The number of nitrogens with zero attached hydrogens (tertiary/aromatic N) is 2. The van der Waals surface area contributed by atoms with Crippen molar-refractivity contribution in [3.05, 3.63) is 77.5 Å². The van der Waals surface area contributed by atoms with Crippen LogP contribution in [0.15, 0.2) is 74.7 Å². The third-order valence-corrected chi connectivity index (χ3v) is 8.15. The summed E-state index contributed by atoms with van der Waals surface area (Å²) >= 11 is 1.17. The van der Waals surface area contributed by atoms with Gasteiger partial charge in [0.05, 0.1) is 25.9 Å². The van der Waals surface area contributed by atoms with Crippen LogP contribution in [0.3, 0.4) is 0 Å². The minimum atomic E-state index is -3.80. The molecule has 2 aromatic carbocycles. The van der Waals surface area contributed by atoms with Gasteiger partial charge >= 0.3 is 0 Å². The quantitative estimate of drug-likeness (QED) is 0.311. The maximum atomic E-state index is 13.5. The molecule has 33 heavy (non-hydrogen) atoms. The number of oxazole rings is 1. The van der Waals surface area contributed by atoms with Gasteiger partial charge in [-0.2, -0.15) is 0 Å². The van der Waals surface area contributed by atoms with E-state index in [4.69, 9.17) is 13.9 Å². The molecule has 0 unspecified atom stereocenters. The number of ether oxygens (including phenoxy) is 2. The van der Waals surface area contributed by atoms with Crippen LogP contribution in [0.1, 0.15) is 18.4 Å². The van der Waals surface area contributed by atoms with E-state index in [0.717, 1.165) is 11.3 Å². The summed E-state index contributed by atoms with van der Waals surface area (Å²) in [6, 6.07) is 17.6. The summed E-state index contributed by atoms with van der Waals surface area (Å²) in [7, 11) is -2.20. The van der Waals surface area contributed by atoms with Crippen LogP contribution in [-0.4, -0.2) is 27.1 Å². The number of sulfonamides is 1. The van der Waals surface area contributed by atoms with E-state index < -0.39 is 10.0 Å². The van der Waals surface area contributed by atoms with Gasteiger partial charge in [0.15, 0.2) is 0 Å². The van der Waals surface area contributed by atoms with Crippen molar-refractivity contribution in [3.8, 4) is 23.0 Å². The highest BCUT2D eigenvalue weighted by Crippen LogP contribution is 2.31. The third-order valence-electron chi connectivity index (χ3n) is 5.00. The number of methoxy groups -OCH3 is 1. The first-order chi connectivity index (χ1) is 15.9. The lowest BCUT2D eigenvalue weighted by Crippen LogP contribution is -2.30. The van der Waals surface area contributed by atoms with Crippen molar-refractivity contribution >= 4 is 27.0 Å². The zero-order chi connectivity index (χ0) is 23.4. The van der Waals surface area contributed by atoms with Crippen LogP contribution in [0.2, 0.25) is 0 Å². The number of benzene rings is 2. The molecule has 0 saturated heterocycles. The average molecular weight is 485 g/mol. The number of hydrogen-bond acceptors (Lipinski definition) is 7. The fourth-order valence-electron chi connectivity index (χ4n) is 3.28. The van der Waals surface area contributed by atoms with E-state index in [1.54, 1.807) is 55.8 Å². The predicted molar refractivity (Wildman–Crippen MR) is 129 cm³/mol. The van der Waals surface area contributed by atoms with Crippen LogP contribution in [0.25, 0.3) is 11.5 Å². The second kappa shape index (κ2) is 9.68. The first kappa shape index (κ1) is 22.9. The fraction of sp³-hybridized carbons (Fsp3) is 0.208. The molecule has 0 saturated carbocycles. The van der Waals surface area contributed by atoms with E-state index in [1.165, 1.54) is 15.6 Å². The predicted octanol–water partition coefficient (Wildman–Crippen LogP) is 5.51. The van der Waals surface area contributed by atoms with Gasteiger partial charge in [-0.15, -0.1) is 11.3 Å². The lowest BCUT2D eigenvalue weighted by molar-refractivity contribution is 0.340. The maximum Gasteiger partial charge on any atom is 0.274 e. The van der Waals surface area contributed by atoms with Crippen molar-refractivity contribution < 1.29 is 22.3 Å². The second-order valence-corrected chi connectivity index (χ2v) is 10.2. The van der Waals surface area contributed by atoms with Crippen LogP contribution in [0.4, 0.5) is 5.69 Å². The van der Waals surface area contributed by atoms with Crippen molar-refractivity contribution in [1.82, 2.24) is 4.98 Å². The second-order valence-electron chi connectivity index (χ2n) is 7.12. The summed E-state index contributed by atoms with van der Waals surface area (Å²) in [6.07, 6.45) is 0. The van der Waals surface area contributed by atoms with Gasteiger partial charge in [0.1, 0.15) is 27.2 Å². The molecule has 172 valence electrons. The number of anilines is 1. The SMILES string of the molecule is CCOc1ccc(N(Cc2nc(-c3ccc(OC)cc3)oc2C)S(=O)(=O)c2cccs2)cc1. The number of aromatic nitrogens is 1. The zero-order valence-electron chi connectivity index (χ0n) is 18.5. The normalized spacial score (nSPS) is 11.4. The molecule has 2 heterocycles. The van der Waals surface area contributed by atoms with Crippen LogP contribution >= 0.6 is 11.3 Å². The standard InChI is InChI=1S/C24H24N2O5S2/c1-4-30-21-13-9-19(10-14-21)26(33(27,28)23-6-5-15-32-23)16-22-17(2)31-24(25-22)18-7-11-20(29-3)12-8-18/h5-15H,4,16H2,1-3H3. The average Bonchev–Trinajstić information content (AvgIpc) is 3.49. The molecule has 4 aromatic rings. The molecule has 4 rings (SSSR count). The monoisotopic (exact) mass is 484 g/mol. The smallest absolute Gasteiger partial charge is 0.274 e. The molecule has 0 aliphatic carbocycles. The van der Waals surface area contributed by atoms with Crippen LogP contribution in [0, 0.1) is 6.92 Å². The minimum Gasteiger partial charge on any atom is -0.497 e. The van der Waals surface area contributed by atoms with Crippen LogP contribution < -0.4 is 13.8 Å². The number of rotatable bonds is 9. The zero-order valence-corrected chi connectivity index (χ0v) is 20.2. The van der Waals surface area contributed by atoms with Gasteiger partial charge in [0.2, 0.25) is 5.89 Å². The Balaban J connectivity index is 1.70. The van der Waals surface area contributed by atoms with Crippen molar-refractivity contribution in [3.63, 3.8) is 0 Å². The minimum absolute atomic E-state index is 0.0275. The Morgan fingerprint density at radius 2 is 1.73 bits per heavy atom. The van der Waals surface area contributed by atoms with E-state index in [9.17, 15) is 8.42 Å². The molecular weight excluding hydrogens is 460 g/mol. The van der Waals surface area contributed by atoms with Gasteiger partial charge < -0.3 is 13.9 Å². The van der Waals surface area contributed by atoms with Crippen LogP contribution in [0.5, 0.6) is 11.5 Å². The van der Waals surface area contributed by atoms with Crippen molar-refractivity contribution in [1.29, 1.82) is 0 Å². The van der Waals surface area contributed by atoms with Crippen molar-refractivity contribution in [2.75, 3.05) is 18.0 Å². The highest BCUT2D eigenvalue weighted by molar-refractivity contribution is 7.94. The van der Waals surface area contributed by atoms with Gasteiger partial charge in [-0.05, 0) is 73.8 Å². The van der Waals surface area contributed by atoms with Gasteiger partial charge in [-0.25, -0.2) is 13.4 Å². The highest BCUT2D eigenvalue weighted by Gasteiger charge is 2.28. The van der Waals surface area contributed by atoms with Gasteiger partial charge in [0, 0.05) is 5.56 Å². The molecule has 0 aliphatic heterocycles. The topological polar surface area (TPSA) is 81.9 Å². The van der Waals surface area contributed by atoms with E-state index in [-0.39, 0.29) is 10.8 Å². The summed E-state index contributed by atoms with van der Waals surface area (Å²) in [4.78, 5) is 4.61. The molecule has 0 spiro atoms. The lowest BCUT2D eigenvalue weighted by Gasteiger charge is -2.23. The lowest BCUT2D eigenvalue weighted by atomic mass is 10.2. The van der Waals surface area contributed by atoms with Gasteiger partial charge in [-0.1, -0.05) is 6.07 Å². The summed E-state index contributed by atoms with van der Waals surface area (Å²) < 4.78 is 45.2. The Kier molecular flexibility index (Phi) is 6.71. The molecule has 9 heteroatoms. The van der Waals surface area contributed by atoms with Crippen LogP contribution in [-0.2, 0) is 16.6 Å². The Morgan fingerprint density at radius 1 is 1.03 bits per heavy atom. The van der Waals surface area contributed by atoms with Gasteiger partial charge in [-0.3, -0.25) is 4.31 Å². The molecule has 0 N–H and O–H groups in total. The van der Waals surface area contributed by atoms with Crippen molar-refractivity contribution in [2.24, 2.45) is 0 Å². The Morgan fingerprint density at radius 3 is 2.33 bits per heavy atom. The molecule has 2 aromatic heterocycles. The van der Waals surface area contributed by atoms with E-state index in [1.807, 2.05) is 31.2 Å². The maximum absolute atomic E-state index is 13.5. The Hall–Kier alpha value is -3.30. The van der Waals surface area contributed by atoms with Gasteiger partial charge in [0.25, 0.3) is 10.0 Å². The third kappa shape index (κ3) is 4.89. The van der Waals surface area contributed by atoms with E-state index in [0.29, 0.717) is 35.4 Å². The molecular formula is C24H24N2O5S2. The number of aryl methyl sites for hydroxylation is 1. The molecule has 0 radical (unpaired) electrons. The molecule has 0 fully saturated rings. The van der Waals surface area contributed by atoms with E-state index in [2.05, 4.69) is 4.98 Å². The molecule has 0 bridgehead atoms. The fourth-order valence-corrected chi connectivity index (χ4v) is 5.81. The number of thiophene rings is 1. The van der Waals surface area contributed by atoms with Crippen molar-refractivity contribution in [2.45, 2.75) is 24.6 Å². The summed E-state index contributed by atoms with van der Waals surface area (Å²) in [6.45, 7) is 4.24. The first-order valence-electron chi connectivity index (χ1n) is 10.3. The molecule has 0 amide bonds. The Labute approximate surface area is 197 Å². The summed E-state index contributed by atoms with van der Waals surface area (Å²) in [5.41, 5.74) is 1.83. The molecule has 0 aliphatic rings. The molecule has 7 nitrogen and oxygen atoms in total. The largest absolute Gasteiger partial charge is 0.497 e. The Bertz CT molecular complexity index is 1300. The summed E-state index contributed by atoms with van der Waals surface area (Å²) in [5.74, 6) is 2.38. The summed E-state index contributed by atoms with van der Waals surface area (Å²) in [5, 5.41) is 1.74. The number of hydrogen-bond donors (Lipinski definition) is 0. The highest BCUT2D eigenvalue weighted by atomic mass is 32.2. The first-order valence-corrected chi connectivity index (χ1v) is 12.6.